The number of hydrogen-bond donors (Lipinski definition) is 1. The standard InChI is InChI=1S/C6H3N3O2/c10-5-4-3(1-2-7-4)8-9-6(5)11/h1-2,7H. The molecule has 1 aliphatic rings. The third-order valence-corrected chi connectivity index (χ3v) is 1.39. The van der Waals surface area contributed by atoms with Crippen LogP contribution >= 0.6 is 0 Å². The van der Waals surface area contributed by atoms with Gasteiger partial charge in [0.1, 0.15) is 11.4 Å². The van der Waals surface area contributed by atoms with Crippen molar-refractivity contribution >= 4 is 17.4 Å². The molecule has 0 unspecified atom stereocenters. The lowest BCUT2D eigenvalue weighted by molar-refractivity contribution is -0.114. The number of Topliss-reactive ketones (excluding diaryl/α,β-unsaturated/α-hetero) is 1. The van der Waals surface area contributed by atoms with Crippen LogP contribution in [0.5, 0.6) is 0 Å². The molecular weight excluding hydrogens is 146 g/mol. The van der Waals surface area contributed by atoms with Gasteiger partial charge in [-0.15, -0.1) is 10.2 Å². The van der Waals surface area contributed by atoms with Gasteiger partial charge in [0.25, 0.3) is 5.78 Å². The van der Waals surface area contributed by atoms with Gasteiger partial charge in [0.05, 0.1) is 0 Å². The first kappa shape index (κ1) is 5.96. The van der Waals surface area contributed by atoms with E-state index in [0.717, 1.165) is 0 Å². The zero-order valence-electron chi connectivity index (χ0n) is 5.37. The summed E-state index contributed by atoms with van der Waals surface area (Å²) in [5.74, 6) is -1.44. The molecule has 1 aromatic heterocycles. The van der Waals surface area contributed by atoms with Gasteiger partial charge in [0.15, 0.2) is 0 Å². The van der Waals surface area contributed by atoms with E-state index in [0.29, 0.717) is 5.69 Å². The molecule has 0 spiro atoms. The van der Waals surface area contributed by atoms with Gasteiger partial charge in [-0.1, -0.05) is 0 Å². The minimum Gasteiger partial charge on any atom is -0.356 e. The average molecular weight is 149 g/mol. The van der Waals surface area contributed by atoms with Crippen LogP contribution in [0, 0.1) is 0 Å². The summed E-state index contributed by atoms with van der Waals surface area (Å²) in [4.78, 5) is 24.2. The molecule has 5 heteroatoms. The van der Waals surface area contributed by atoms with E-state index in [4.69, 9.17) is 0 Å². The molecule has 0 aromatic carbocycles. The summed E-state index contributed by atoms with van der Waals surface area (Å²) in [6.07, 6.45) is 1.54. The Balaban J connectivity index is 2.66. The van der Waals surface area contributed by atoms with Crippen LogP contribution in [0.15, 0.2) is 22.5 Å². The Morgan fingerprint density at radius 2 is 2.09 bits per heavy atom. The molecule has 0 saturated heterocycles. The molecular formula is C6H3N3O2. The molecule has 1 amide bonds. The Kier molecular flexibility index (Phi) is 1.00. The van der Waals surface area contributed by atoms with Crippen molar-refractivity contribution in [1.82, 2.24) is 4.98 Å². The molecule has 2 rings (SSSR count). The highest BCUT2D eigenvalue weighted by molar-refractivity contribution is 6.44. The number of ketones is 1. The fourth-order valence-corrected chi connectivity index (χ4v) is 0.878. The highest BCUT2D eigenvalue weighted by atomic mass is 16.2. The zero-order valence-corrected chi connectivity index (χ0v) is 5.37. The number of hydrogen-bond acceptors (Lipinski definition) is 3. The van der Waals surface area contributed by atoms with E-state index in [1.54, 1.807) is 12.3 Å². The van der Waals surface area contributed by atoms with Crippen LogP contribution in [0.4, 0.5) is 5.69 Å². The summed E-state index contributed by atoms with van der Waals surface area (Å²) in [5, 5.41) is 6.65. The molecule has 1 N–H and O–H groups in total. The number of azo groups is 1. The highest BCUT2D eigenvalue weighted by Crippen LogP contribution is 2.22. The predicted molar refractivity (Wildman–Crippen MR) is 34.6 cm³/mol. The molecule has 11 heavy (non-hydrogen) atoms. The number of amides is 1. The first-order valence-corrected chi connectivity index (χ1v) is 2.97. The lowest BCUT2D eigenvalue weighted by atomic mass is 10.2. The van der Waals surface area contributed by atoms with Crippen LogP contribution < -0.4 is 0 Å². The lowest BCUT2D eigenvalue weighted by Gasteiger charge is -1.98. The fraction of sp³-hybridized carbons (Fsp3) is 0. The Labute approximate surface area is 61.1 Å². The summed E-state index contributed by atoms with van der Waals surface area (Å²) >= 11 is 0. The van der Waals surface area contributed by atoms with Crippen molar-refractivity contribution in [3.63, 3.8) is 0 Å². The molecule has 0 bridgehead atoms. The third kappa shape index (κ3) is 0.706. The van der Waals surface area contributed by atoms with Gasteiger partial charge in [0, 0.05) is 6.20 Å². The summed E-state index contributed by atoms with van der Waals surface area (Å²) in [5.41, 5.74) is 0.652. The van der Waals surface area contributed by atoms with Crippen molar-refractivity contribution < 1.29 is 9.59 Å². The zero-order chi connectivity index (χ0) is 7.84. The Bertz CT molecular complexity index is 364. The topological polar surface area (TPSA) is 74.7 Å². The van der Waals surface area contributed by atoms with E-state index < -0.39 is 11.7 Å². The largest absolute Gasteiger partial charge is 0.356 e. The number of nitrogens with zero attached hydrogens (tertiary/aromatic N) is 2. The SMILES string of the molecule is O=C1N=Nc2cc[nH]c2C1=O. The van der Waals surface area contributed by atoms with Crippen molar-refractivity contribution in [3.8, 4) is 0 Å². The second-order valence-corrected chi connectivity index (χ2v) is 2.07. The number of carbonyl (C=O) groups is 2. The van der Waals surface area contributed by atoms with Crippen LogP contribution in [0.25, 0.3) is 0 Å². The monoisotopic (exact) mass is 149 g/mol. The molecule has 0 aliphatic carbocycles. The number of nitrogens with one attached hydrogen (secondary N) is 1. The van der Waals surface area contributed by atoms with Crippen molar-refractivity contribution in [1.29, 1.82) is 0 Å². The van der Waals surface area contributed by atoms with E-state index in [1.165, 1.54) is 0 Å². The maximum Gasteiger partial charge on any atom is 0.338 e. The number of aromatic nitrogens is 1. The molecule has 1 aliphatic heterocycles. The smallest absolute Gasteiger partial charge is 0.338 e. The minimum atomic E-state index is -0.819. The van der Waals surface area contributed by atoms with Crippen molar-refractivity contribution in [2.45, 2.75) is 0 Å². The summed E-state index contributed by atoms with van der Waals surface area (Å²) < 4.78 is 0. The van der Waals surface area contributed by atoms with E-state index >= 15 is 0 Å². The summed E-state index contributed by atoms with van der Waals surface area (Å²) in [6.45, 7) is 0. The van der Waals surface area contributed by atoms with Crippen LogP contribution in [0.3, 0.4) is 0 Å². The van der Waals surface area contributed by atoms with Gasteiger partial charge in [-0.2, -0.15) is 0 Å². The van der Waals surface area contributed by atoms with Crippen molar-refractivity contribution in [3.05, 3.63) is 18.0 Å². The molecule has 5 nitrogen and oxygen atoms in total. The number of rotatable bonds is 0. The molecule has 54 valence electrons. The van der Waals surface area contributed by atoms with Gasteiger partial charge in [-0.25, -0.2) is 0 Å². The van der Waals surface area contributed by atoms with Gasteiger partial charge >= 0.3 is 5.91 Å². The molecule has 1 aromatic rings. The Morgan fingerprint density at radius 1 is 1.27 bits per heavy atom. The lowest BCUT2D eigenvalue weighted by Crippen LogP contribution is -2.13. The van der Waals surface area contributed by atoms with Crippen LogP contribution in [-0.2, 0) is 4.79 Å². The van der Waals surface area contributed by atoms with Gasteiger partial charge in [-0.3, -0.25) is 9.59 Å². The maximum absolute atomic E-state index is 10.9. The van der Waals surface area contributed by atoms with E-state index in [-0.39, 0.29) is 5.69 Å². The molecule has 2 heterocycles. The van der Waals surface area contributed by atoms with Gasteiger partial charge in [-0.05, 0) is 6.07 Å². The molecule has 0 saturated carbocycles. The summed E-state index contributed by atoms with van der Waals surface area (Å²) in [6, 6.07) is 1.59. The van der Waals surface area contributed by atoms with Gasteiger partial charge in [0.2, 0.25) is 0 Å². The van der Waals surface area contributed by atoms with Crippen LogP contribution in [0.1, 0.15) is 10.5 Å². The average Bonchev–Trinajstić information content (AvgIpc) is 2.45. The van der Waals surface area contributed by atoms with Crippen LogP contribution in [0.2, 0.25) is 0 Å². The highest BCUT2D eigenvalue weighted by Gasteiger charge is 2.24. The Morgan fingerprint density at radius 3 is 2.91 bits per heavy atom. The van der Waals surface area contributed by atoms with Crippen LogP contribution in [-0.4, -0.2) is 16.7 Å². The summed E-state index contributed by atoms with van der Waals surface area (Å²) in [7, 11) is 0. The molecule has 0 atom stereocenters. The van der Waals surface area contributed by atoms with Crippen molar-refractivity contribution in [2.75, 3.05) is 0 Å². The van der Waals surface area contributed by atoms with Gasteiger partial charge < -0.3 is 4.98 Å². The predicted octanol–water partition coefficient (Wildman–Crippen LogP) is 0.821. The normalized spacial score (nSPS) is 15.3. The molecule has 0 radical (unpaired) electrons. The number of H-pyrrole nitrogens is 1. The molecule has 0 fully saturated rings. The minimum absolute atomic E-state index is 0.227. The quantitative estimate of drug-likeness (QED) is 0.554. The first-order valence-electron chi connectivity index (χ1n) is 2.97. The second-order valence-electron chi connectivity index (χ2n) is 2.07. The maximum atomic E-state index is 10.9. The number of aromatic amines is 1. The van der Waals surface area contributed by atoms with E-state index in [2.05, 4.69) is 15.2 Å². The van der Waals surface area contributed by atoms with Crippen molar-refractivity contribution in [2.24, 2.45) is 10.2 Å². The fourth-order valence-electron chi connectivity index (χ4n) is 0.878. The number of fused-ring (bicyclic) bond motifs is 1. The Hall–Kier alpha value is -1.78. The first-order chi connectivity index (χ1) is 5.29. The van der Waals surface area contributed by atoms with E-state index in [1.807, 2.05) is 0 Å². The third-order valence-electron chi connectivity index (χ3n) is 1.39. The second kappa shape index (κ2) is 1.85. The van der Waals surface area contributed by atoms with E-state index in [9.17, 15) is 9.59 Å². The number of carbonyl (C=O) groups excluding carboxylic acids is 2.